The first-order chi connectivity index (χ1) is 9.93. The number of carbonyl (C=O) groups is 2. The standard InChI is InChI=1S/C15H20N2O4/c1-3-16(11-6-4-5-10(2)7-11)15(21)17-9-12(18)8-13(17)14(19)20/h4-7,12-13,18H,3,8-9H2,1-2H3,(H,19,20)/t12-,13+/m1/s1. The lowest BCUT2D eigenvalue weighted by Gasteiger charge is -2.29. The van der Waals surface area contributed by atoms with E-state index in [4.69, 9.17) is 0 Å². The molecule has 0 aliphatic carbocycles. The largest absolute Gasteiger partial charge is 0.480 e. The quantitative estimate of drug-likeness (QED) is 0.883. The molecule has 0 unspecified atom stereocenters. The maximum Gasteiger partial charge on any atom is 0.326 e. The van der Waals surface area contributed by atoms with Crippen LogP contribution in [0.25, 0.3) is 0 Å². The van der Waals surface area contributed by atoms with Gasteiger partial charge in [-0.3, -0.25) is 4.90 Å². The van der Waals surface area contributed by atoms with Gasteiger partial charge in [-0.25, -0.2) is 9.59 Å². The summed E-state index contributed by atoms with van der Waals surface area (Å²) in [6.07, 6.45) is -0.710. The monoisotopic (exact) mass is 292 g/mol. The summed E-state index contributed by atoms with van der Waals surface area (Å²) in [5, 5.41) is 18.9. The number of rotatable bonds is 3. The van der Waals surface area contributed by atoms with Crippen molar-refractivity contribution < 1.29 is 19.8 Å². The number of aliphatic hydroxyl groups is 1. The van der Waals surface area contributed by atoms with Gasteiger partial charge in [-0.05, 0) is 31.5 Å². The lowest BCUT2D eigenvalue weighted by Crippen LogP contribution is -2.48. The van der Waals surface area contributed by atoms with Crippen LogP contribution in [0.1, 0.15) is 18.9 Å². The van der Waals surface area contributed by atoms with E-state index in [-0.39, 0.29) is 19.0 Å². The van der Waals surface area contributed by atoms with Crippen LogP contribution in [0.2, 0.25) is 0 Å². The number of β-amino-alcohol motifs (C(OH)–C–C–N with tert-alkyl or cyclic N) is 1. The number of hydrogen-bond acceptors (Lipinski definition) is 3. The molecule has 2 rings (SSSR count). The lowest BCUT2D eigenvalue weighted by atomic mass is 10.2. The van der Waals surface area contributed by atoms with Crippen LogP contribution in [0.15, 0.2) is 24.3 Å². The Kier molecular flexibility index (Phi) is 4.47. The number of carboxylic acids is 1. The van der Waals surface area contributed by atoms with Crippen molar-refractivity contribution in [3.05, 3.63) is 29.8 Å². The molecule has 2 N–H and O–H groups in total. The van der Waals surface area contributed by atoms with Crippen LogP contribution in [-0.4, -0.2) is 52.3 Å². The molecule has 2 amide bonds. The van der Waals surface area contributed by atoms with E-state index >= 15 is 0 Å². The van der Waals surface area contributed by atoms with Gasteiger partial charge in [0.1, 0.15) is 6.04 Å². The summed E-state index contributed by atoms with van der Waals surface area (Å²) in [6, 6.07) is 6.13. The first-order valence-electron chi connectivity index (χ1n) is 6.99. The van der Waals surface area contributed by atoms with Gasteiger partial charge in [0.05, 0.1) is 6.10 Å². The number of aliphatic carboxylic acids is 1. The Hall–Kier alpha value is -2.08. The number of aryl methyl sites for hydroxylation is 1. The number of likely N-dealkylation sites (tertiary alicyclic amines) is 1. The molecule has 21 heavy (non-hydrogen) atoms. The van der Waals surface area contributed by atoms with Gasteiger partial charge in [-0.15, -0.1) is 0 Å². The van der Waals surface area contributed by atoms with Gasteiger partial charge in [0.2, 0.25) is 0 Å². The highest BCUT2D eigenvalue weighted by Crippen LogP contribution is 2.23. The molecular weight excluding hydrogens is 272 g/mol. The first-order valence-corrected chi connectivity index (χ1v) is 6.99. The second kappa shape index (κ2) is 6.13. The van der Waals surface area contributed by atoms with Gasteiger partial charge in [-0.1, -0.05) is 12.1 Å². The zero-order valence-corrected chi connectivity index (χ0v) is 12.2. The second-order valence-corrected chi connectivity index (χ2v) is 5.26. The van der Waals surface area contributed by atoms with Crippen molar-refractivity contribution in [1.82, 2.24) is 4.90 Å². The highest BCUT2D eigenvalue weighted by atomic mass is 16.4. The molecule has 0 bridgehead atoms. The summed E-state index contributed by atoms with van der Waals surface area (Å²) in [4.78, 5) is 26.6. The number of benzene rings is 1. The summed E-state index contributed by atoms with van der Waals surface area (Å²) < 4.78 is 0. The Labute approximate surface area is 123 Å². The number of carboxylic acid groups (broad SMARTS) is 1. The minimum atomic E-state index is -1.08. The van der Waals surface area contributed by atoms with Crippen LogP contribution in [-0.2, 0) is 4.79 Å². The Bertz CT molecular complexity index is 546. The van der Waals surface area contributed by atoms with Crippen LogP contribution in [0.4, 0.5) is 10.5 Å². The van der Waals surface area contributed by atoms with Crippen molar-refractivity contribution in [1.29, 1.82) is 0 Å². The molecule has 1 saturated heterocycles. The topological polar surface area (TPSA) is 81.1 Å². The van der Waals surface area contributed by atoms with Crippen molar-refractivity contribution in [3.8, 4) is 0 Å². The molecule has 1 heterocycles. The van der Waals surface area contributed by atoms with E-state index in [9.17, 15) is 19.8 Å². The predicted octanol–water partition coefficient (Wildman–Crippen LogP) is 1.46. The number of urea groups is 1. The Morgan fingerprint density at radius 1 is 1.43 bits per heavy atom. The van der Waals surface area contributed by atoms with E-state index in [1.165, 1.54) is 9.80 Å². The van der Waals surface area contributed by atoms with E-state index in [0.29, 0.717) is 6.54 Å². The number of carbonyl (C=O) groups excluding carboxylic acids is 1. The molecule has 1 aliphatic rings. The van der Waals surface area contributed by atoms with E-state index < -0.39 is 18.1 Å². The zero-order valence-electron chi connectivity index (χ0n) is 12.2. The molecule has 2 atom stereocenters. The summed E-state index contributed by atoms with van der Waals surface area (Å²) in [7, 11) is 0. The van der Waals surface area contributed by atoms with Crippen LogP contribution in [0, 0.1) is 6.92 Å². The highest BCUT2D eigenvalue weighted by molar-refractivity contribution is 5.95. The lowest BCUT2D eigenvalue weighted by molar-refractivity contribution is -0.141. The molecule has 0 aromatic heterocycles. The molecule has 114 valence electrons. The van der Waals surface area contributed by atoms with E-state index in [2.05, 4.69) is 0 Å². The summed E-state index contributed by atoms with van der Waals surface area (Å²) in [5.41, 5.74) is 1.75. The third-order valence-corrected chi connectivity index (χ3v) is 3.67. The molecule has 1 fully saturated rings. The normalized spacial score (nSPS) is 21.4. The number of hydrogen-bond donors (Lipinski definition) is 2. The summed E-state index contributed by atoms with van der Waals surface area (Å²) in [5.74, 6) is -1.08. The van der Waals surface area contributed by atoms with Crippen LogP contribution >= 0.6 is 0 Å². The van der Waals surface area contributed by atoms with Crippen molar-refractivity contribution >= 4 is 17.7 Å². The van der Waals surface area contributed by atoms with Crippen LogP contribution in [0.5, 0.6) is 0 Å². The van der Waals surface area contributed by atoms with Crippen LogP contribution in [0.3, 0.4) is 0 Å². The maximum absolute atomic E-state index is 12.6. The molecule has 0 radical (unpaired) electrons. The Morgan fingerprint density at radius 2 is 2.14 bits per heavy atom. The molecule has 1 aromatic carbocycles. The second-order valence-electron chi connectivity index (χ2n) is 5.26. The number of anilines is 1. The summed E-state index contributed by atoms with van der Waals surface area (Å²) >= 11 is 0. The molecule has 6 heteroatoms. The van der Waals surface area contributed by atoms with E-state index in [0.717, 1.165) is 11.3 Å². The minimum Gasteiger partial charge on any atom is -0.480 e. The van der Waals surface area contributed by atoms with Crippen molar-refractivity contribution in [2.24, 2.45) is 0 Å². The third-order valence-electron chi connectivity index (χ3n) is 3.67. The van der Waals surface area contributed by atoms with Gasteiger partial charge in [0.15, 0.2) is 0 Å². The van der Waals surface area contributed by atoms with Gasteiger partial charge in [-0.2, -0.15) is 0 Å². The van der Waals surface area contributed by atoms with E-state index in [1.54, 1.807) is 0 Å². The van der Waals surface area contributed by atoms with Crippen molar-refractivity contribution in [2.45, 2.75) is 32.4 Å². The van der Waals surface area contributed by atoms with Gasteiger partial charge in [0.25, 0.3) is 0 Å². The predicted molar refractivity (Wildman–Crippen MR) is 78.3 cm³/mol. The maximum atomic E-state index is 12.6. The van der Waals surface area contributed by atoms with Crippen LogP contribution < -0.4 is 4.90 Å². The smallest absolute Gasteiger partial charge is 0.326 e. The average molecular weight is 292 g/mol. The fourth-order valence-corrected chi connectivity index (χ4v) is 2.64. The molecule has 0 saturated carbocycles. The van der Waals surface area contributed by atoms with Gasteiger partial charge >= 0.3 is 12.0 Å². The van der Waals surface area contributed by atoms with E-state index in [1.807, 2.05) is 38.1 Å². The molecule has 1 aliphatic heterocycles. The molecule has 6 nitrogen and oxygen atoms in total. The Balaban J connectivity index is 2.26. The summed E-state index contributed by atoms with van der Waals surface area (Å²) in [6.45, 7) is 4.25. The first kappa shape index (κ1) is 15.3. The minimum absolute atomic E-state index is 0.0537. The number of amides is 2. The SMILES string of the molecule is CCN(C(=O)N1C[C@H](O)C[C@H]1C(=O)O)c1cccc(C)c1. The van der Waals surface area contributed by atoms with Gasteiger partial charge in [0, 0.05) is 25.2 Å². The zero-order chi connectivity index (χ0) is 15.6. The molecular formula is C15H20N2O4. The number of nitrogens with zero attached hydrogens (tertiary/aromatic N) is 2. The van der Waals surface area contributed by atoms with Crippen molar-refractivity contribution in [3.63, 3.8) is 0 Å². The fourth-order valence-electron chi connectivity index (χ4n) is 2.64. The Morgan fingerprint density at radius 3 is 2.71 bits per heavy atom. The fraction of sp³-hybridized carbons (Fsp3) is 0.467. The van der Waals surface area contributed by atoms with Gasteiger partial charge < -0.3 is 15.1 Å². The molecule has 0 spiro atoms. The average Bonchev–Trinajstić information content (AvgIpc) is 2.82. The van der Waals surface area contributed by atoms with Crippen molar-refractivity contribution in [2.75, 3.05) is 18.0 Å². The highest BCUT2D eigenvalue weighted by Gasteiger charge is 2.40. The number of aliphatic hydroxyl groups excluding tert-OH is 1. The third kappa shape index (κ3) is 3.16. The molecule has 1 aromatic rings.